The van der Waals surface area contributed by atoms with Crippen molar-refractivity contribution >= 4 is 5.71 Å². The molecule has 0 aliphatic carbocycles. The Morgan fingerprint density at radius 3 is 2.60 bits per heavy atom. The number of ether oxygens (including phenoxy) is 1. The Balaban J connectivity index is 1.99. The van der Waals surface area contributed by atoms with E-state index in [1.54, 1.807) is 7.11 Å². The lowest BCUT2D eigenvalue weighted by Crippen LogP contribution is -2.34. The summed E-state index contributed by atoms with van der Waals surface area (Å²) in [5.41, 5.74) is 0.950. The summed E-state index contributed by atoms with van der Waals surface area (Å²) in [5, 5.41) is 11.9. The summed E-state index contributed by atoms with van der Waals surface area (Å²) in [6.07, 6.45) is 5.50. The number of methoxy groups -OCH3 is 1. The Morgan fingerprint density at radius 2 is 2.00 bits per heavy atom. The predicted octanol–water partition coefficient (Wildman–Crippen LogP) is 1.73. The molecule has 0 radical (unpaired) electrons. The SMILES string of the molecule is COCCCCCN1CCC(=NO)CC1. The fourth-order valence-corrected chi connectivity index (χ4v) is 1.89. The first-order valence-corrected chi connectivity index (χ1v) is 5.78. The molecule has 88 valence electrons. The molecule has 1 N–H and O–H groups in total. The summed E-state index contributed by atoms with van der Waals surface area (Å²) in [7, 11) is 1.75. The summed E-state index contributed by atoms with van der Waals surface area (Å²) in [5.74, 6) is 0. The summed E-state index contributed by atoms with van der Waals surface area (Å²) in [6.45, 7) is 4.14. The molecule has 0 amide bonds. The summed E-state index contributed by atoms with van der Waals surface area (Å²) < 4.78 is 5.01. The third-order valence-electron chi connectivity index (χ3n) is 2.90. The molecule has 1 fully saturated rings. The van der Waals surface area contributed by atoms with E-state index in [2.05, 4.69) is 10.1 Å². The van der Waals surface area contributed by atoms with Crippen molar-refractivity contribution in [2.75, 3.05) is 33.4 Å². The standard InChI is InChI=1S/C11H22N2O2/c1-15-10-4-2-3-7-13-8-5-11(12-14)6-9-13/h14H,2-10H2,1H3. The number of nitrogens with zero attached hydrogens (tertiary/aromatic N) is 2. The van der Waals surface area contributed by atoms with Crippen molar-refractivity contribution in [1.82, 2.24) is 4.90 Å². The van der Waals surface area contributed by atoms with Crippen molar-refractivity contribution in [3.05, 3.63) is 0 Å². The van der Waals surface area contributed by atoms with E-state index in [0.717, 1.165) is 44.7 Å². The fourth-order valence-electron chi connectivity index (χ4n) is 1.89. The highest BCUT2D eigenvalue weighted by Crippen LogP contribution is 2.08. The van der Waals surface area contributed by atoms with Gasteiger partial charge in [-0.2, -0.15) is 0 Å². The van der Waals surface area contributed by atoms with Gasteiger partial charge in [-0.25, -0.2) is 0 Å². The van der Waals surface area contributed by atoms with Gasteiger partial charge in [0.1, 0.15) is 0 Å². The van der Waals surface area contributed by atoms with Crippen molar-refractivity contribution in [2.24, 2.45) is 5.16 Å². The number of likely N-dealkylation sites (tertiary alicyclic amines) is 1. The van der Waals surface area contributed by atoms with Crippen LogP contribution in [0, 0.1) is 0 Å². The van der Waals surface area contributed by atoms with Crippen LogP contribution in [0.5, 0.6) is 0 Å². The van der Waals surface area contributed by atoms with Crippen molar-refractivity contribution in [1.29, 1.82) is 0 Å². The number of hydrogen-bond acceptors (Lipinski definition) is 4. The van der Waals surface area contributed by atoms with Gasteiger partial charge in [-0.05, 0) is 25.8 Å². The molecule has 0 saturated carbocycles. The molecule has 1 aliphatic heterocycles. The van der Waals surface area contributed by atoms with Crippen LogP contribution < -0.4 is 0 Å². The van der Waals surface area contributed by atoms with E-state index in [1.165, 1.54) is 19.4 Å². The number of piperidine rings is 1. The quantitative estimate of drug-likeness (QED) is 0.416. The zero-order chi connectivity index (χ0) is 10.9. The maximum atomic E-state index is 8.61. The predicted molar refractivity (Wildman–Crippen MR) is 60.6 cm³/mol. The third-order valence-corrected chi connectivity index (χ3v) is 2.90. The molecular weight excluding hydrogens is 192 g/mol. The highest BCUT2D eigenvalue weighted by molar-refractivity contribution is 5.84. The van der Waals surface area contributed by atoms with Gasteiger partial charge in [0.25, 0.3) is 0 Å². The summed E-state index contributed by atoms with van der Waals surface area (Å²) in [6, 6.07) is 0. The average Bonchev–Trinajstić information content (AvgIpc) is 2.30. The molecule has 1 saturated heterocycles. The molecular formula is C11H22N2O2. The lowest BCUT2D eigenvalue weighted by Gasteiger charge is -2.26. The van der Waals surface area contributed by atoms with Gasteiger partial charge in [-0.15, -0.1) is 0 Å². The number of hydrogen-bond donors (Lipinski definition) is 1. The average molecular weight is 214 g/mol. The molecule has 4 heteroatoms. The highest BCUT2D eigenvalue weighted by Gasteiger charge is 2.14. The monoisotopic (exact) mass is 214 g/mol. The van der Waals surface area contributed by atoms with Crippen LogP contribution in [-0.2, 0) is 4.74 Å². The van der Waals surface area contributed by atoms with Crippen LogP contribution >= 0.6 is 0 Å². The van der Waals surface area contributed by atoms with Gasteiger partial charge in [-0.3, -0.25) is 0 Å². The van der Waals surface area contributed by atoms with Gasteiger partial charge in [-0.1, -0.05) is 5.16 Å². The van der Waals surface area contributed by atoms with Crippen LogP contribution in [0.2, 0.25) is 0 Å². The zero-order valence-corrected chi connectivity index (χ0v) is 9.61. The van der Waals surface area contributed by atoms with Crippen LogP contribution in [0.4, 0.5) is 0 Å². The topological polar surface area (TPSA) is 45.1 Å². The Hall–Kier alpha value is -0.610. The molecule has 4 nitrogen and oxygen atoms in total. The minimum Gasteiger partial charge on any atom is -0.411 e. The van der Waals surface area contributed by atoms with E-state index in [9.17, 15) is 0 Å². The second-order valence-electron chi connectivity index (χ2n) is 4.06. The highest BCUT2D eigenvalue weighted by atomic mass is 16.5. The van der Waals surface area contributed by atoms with Crippen molar-refractivity contribution in [3.63, 3.8) is 0 Å². The molecule has 0 unspecified atom stereocenters. The van der Waals surface area contributed by atoms with Gasteiger partial charge >= 0.3 is 0 Å². The number of rotatable bonds is 6. The summed E-state index contributed by atoms with van der Waals surface area (Å²) >= 11 is 0. The van der Waals surface area contributed by atoms with Crippen molar-refractivity contribution < 1.29 is 9.94 Å². The van der Waals surface area contributed by atoms with Crippen LogP contribution in [-0.4, -0.2) is 49.2 Å². The smallest absolute Gasteiger partial charge is 0.0596 e. The molecule has 0 aromatic carbocycles. The Labute approximate surface area is 91.9 Å². The second kappa shape index (κ2) is 7.65. The third kappa shape index (κ3) is 5.14. The number of unbranched alkanes of at least 4 members (excludes halogenated alkanes) is 2. The molecule has 0 atom stereocenters. The minimum atomic E-state index is 0.876. The number of oxime groups is 1. The molecule has 1 aliphatic rings. The van der Waals surface area contributed by atoms with Crippen molar-refractivity contribution in [3.8, 4) is 0 Å². The van der Waals surface area contributed by atoms with Gasteiger partial charge in [0, 0.05) is 39.6 Å². The fraction of sp³-hybridized carbons (Fsp3) is 0.909. The summed E-state index contributed by atoms with van der Waals surface area (Å²) in [4.78, 5) is 2.45. The minimum absolute atomic E-state index is 0.876. The molecule has 15 heavy (non-hydrogen) atoms. The van der Waals surface area contributed by atoms with E-state index >= 15 is 0 Å². The molecule has 0 aromatic heterocycles. The van der Waals surface area contributed by atoms with E-state index < -0.39 is 0 Å². The van der Waals surface area contributed by atoms with E-state index in [1.807, 2.05) is 0 Å². The Morgan fingerprint density at radius 1 is 1.27 bits per heavy atom. The molecule has 1 rings (SSSR count). The first kappa shape index (κ1) is 12.5. The largest absolute Gasteiger partial charge is 0.411 e. The maximum absolute atomic E-state index is 8.61. The normalized spacial score (nSPS) is 18.1. The molecule has 0 aromatic rings. The lowest BCUT2D eigenvalue weighted by atomic mass is 10.1. The van der Waals surface area contributed by atoms with Gasteiger partial charge in [0.05, 0.1) is 5.71 Å². The van der Waals surface area contributed by atoms with Gasteiger partial charge in [0.2, 0.25) is 0 Å². The molecule has 1 heterocycles. The van der Waals surface area contributed by atoms with Gasteiger partial charge < -0.3 is 14.8 Å². The zero-order valence-electron chi connectivity index (χ0n) is 9.61. The molecule has 0 spiro atoms. The van der Waals surface area contributed by atoms with Crippen LogP contribution in [0.1, 0.15) is 32.1 Å². The first-order chi connectivity index (χ1) is 7.36. The van der Waals surface area contributed by atoms with Crippen LogP contribution in [0.15, 0.2) is 5.16 Å². The van der Waals surface area contributed by atoms with Crippen molar-refractivity contribution in [2.45, 2.75) is 32.1 Å². The van der Waals surface area contributed by atoms with E-state index in [0.29, 0.717) is 0 Å². The Kier molecular flexibility index (Phi) is 6.36. The molecule has 0 bridgehead atoms. The van der Waals surface area contributed by atoms with Gasteiger partial charge in [0.15, 0.2) is 0 Å². The van der Waals surface area contributed by atoms with E-state index in [4.69, 9.17) is 9.94 Å². The maximum Gasteiger partial charge on any atom is 0.0596 e. The lowest BCUT2D eigenvalue weighted by molar-refractivity contribution is 0.188. The second-order valence-corrected chi connectivity index (χ2v) is 4.06. The van der Waals surface area contributed by atoms with E-state index in [-0.39, 0.29) is 0 Å². The van der Waals surface area contributed by atoms with Crippen LogP contribution in [0.25, 0.3) is 0 Å². The Bertz CT molecular complexity index is 185. The first-order valence-electron chi connectivity index (χ1n) is 5.78. The van der Waals surface area contributed by atoms with Crippen LogP contribution in [0.3, 0.4) is 0 Å².